The summed E-state index contributed by atoms with van der Waals surface area (Å²) in [6, 6.07) is 8.40. The van der Waals surface area contributed by atoms with Gasteiger partial charge in [-0.1, -0.05) is 37.5 Å². The molecule has 1 spiro atoms. The second-order valence-electron chi connectivity index (χ2n) is 8.32. The van der Waals surface area contributed by atoms with Gasteiger partial charge >= 0.3 is 0 Å². The lowest BCUT2D eigenvalue weighted by atomic mass is 9.82. The van der Waals surface area contributed by atoms with E-state index in [9.17, 15) is 4.79 Å². The molecule has 1 aromatic rings. The number of para-hydroxylation sites is 1. The van der Waals surface area contributed by atoms with Crippen LogP contribution in [0.5, 0.6) is 0 Å². The van der Waals surface area contributed by atoms with Crippen LogP contribution in [0.1, 0.15) is 56.9 Å². The maximum atomic E-state index is 12.4. The van der Waals surface area contributed by atoms with E-state index < -0.39 is 0 Å². The Morgan fingerprint density at radius 2 is 1.84 bits per heavy atom. The van der Waals surface area contributed by atoms with Crippen LogP contribution >= 0.6 is 0 Å². The summed E-state index contributed by atoms with van der Waals surface area (Å²) in [7, 11) is 0. The van der Waals surface area contributed by atoms with Gasteiger partial charge in [-0.05, 0) is 43.2 Å². The highest BCUT2D eigenvalue weighted by Gasteiger charge is 2.38. The summed E-state index contributed by atoms with van der Waals surface area (Å²) in [5.74, 6) is 1.08. The molecule has 2 aliphatic heterocycles. The molecule has 4 heteroatoms. The Morgan fingerprint density at radius 1 is 1.08 bits per heavy atom. The van der Waals surface area contributed by atoms with Gasteiger partial charge < -0.3 is 15.5 Å². The van der Waals surface area contributed by atoms with Crippen molar-refractivity contribution in [2.45, 2.75) is 63.5 Å². The van der Waals surface area contributed by atoms with Crippen LogP contribution in [0, 0.1) is 5.92 Å². The average Bonchev–Trinajstić information content (AvgIpc) is 2.63. The molecule has 0 unspecified atom stereocenters. The zero-order valence-electron chi connectivity index (χ0n) is 15.2. The fourth-order valence-corrected chi connectivity index (χ4v) is 4.89. The molecule has 1 aromatic carbocycles. The molecular weight excluding hydrogens is 310 g/mol. The van der Waals surface area contributed by atoms with E-state index in [1.54, 1.807) is 0 Å². The summed E-state index contributed by atoms with van der Waals surface area (Å²) in [4.78, 5) is 15.0. The van der Waals surface area contributed by atoms with Gasteiger partial charge in [-0.3, -0.25) is 4.79 Å². The first-order valence-electron chi connectivity index (χ1n) is 10.1. The number of rotatable bonds is 2. The van der Waals surface area contributed by atoms with Crippen molar-refractivity contribution in [3.8, 4) is 0 Å². The molecular formula is C21H31N3O. The number of carbonyl (C=O) groups excluding carboxylic acids is 1. The molecule has 1 saturated carbocycles. The predicted molar refractivity (Wildman–Crippen MR) is 102 cm³/mol. The van der Waals surface area contributed by atoms with Crippen LogP contribution in [-0.4, -0.2) is 36.0 Å². The van der Waals surface area contributed by atoms with E-state index in [1.165, 1.54) is 49.9 Å². The van der Waals surface area contributed by atoms with E-state index in [0.717, 1.165) is 31.8 Å². The molecule has 2 N–H and O–H groups in total. The number of fused-ring (bicyclic) bond motifs is 1. The predicted octanol–water partition coefficient (Wildman–Crippen LogP) is 3.53. The van der Waals surface area contributed by atoms with Crippen molar-refractivity contribution in [3.63, 3.8) is 0 Å². The Hall–Kier alpha value is -1.55. The van der Waals surface area contributed by atoms with Crippen molar-refractivity contribution in [1.82, 2.24) is 10.2 Å². The fraction of sp³-hybridized carbons (Fsp3) is 0.667. The van der Waals surface area contributed by atoms with Crippen LogP contribution in [0.3, 0.4) is 0 Å². The van der Waals surface area contributed by atoms with Gasteiger partial charge in [-0.25, -0.2) is 0 Å². The smallest absolute Gasteiger partial charge is 0.222 e. The van der Waals surface area contributed by atoms with Crippen LogP contribution in [0.4, 0.5) is 5.69 Å². The normalized spacial score (nSPS) is 24.7. The number of amides is 1. The molecule has 25 heavy (non-hydrogen) atoms. The van der Waals surface area contributed by atoms with Crippen molar-refractivity contribution in [1.29, 1.82) is 0 Å². The first-order valence-corrected chi connectivity index (χ1v) is 10.1. The number of hydrogen-bond acceptors (Lipinski definition) is 3. The third-order valence-electron chi connectivity index (χ3n) is 6.45. The van der Waals surface area contributed by atoms with Crippen molar-refractivity contribution in [3.05, 3.63) is 29.8 Å². The molecule has 1 saturated heterocycles. The van der Waals surface area contributed by atoms with Gasteiger partial charge in [0.25, 0.3) is 0 Å². The van der Waals surface area contributed by atoms with Gasteiger partial charge in [0, 0.05) is 43.8 Å². The largest absolute Gasteiger partial charge is 0.379 e. The fourth-order valence-electron chi connectivity index (χ4n) is 4.89. The number of benzene rings is 1. The molecule has 136 valence electrons. The SMILES string of the molecule is O=C1CC2(CCN(CC3CCCCC3)CC2)Nc2ccccc2CN1. The van der Waals surface area contributed by atoms with E-state index in [1.807, 2.05) is 6.07 Å². The summed E-state index contributed by atoms with van der Waals surface area (Å²) in [5.41, 5.74) is 2.31. The summed E-state index contributed by atoms with van der Waals surface area (Å²) in [5, 5.41) is 6.88. The van der Waals surface area contributed by atoms with Gasteiger partial charge in [0.15, 0.2) is 0 Å². The third-order valence-corrected chi connectivity index (χ3v) is 6.45. The first-order chi connectivity index (χ1) is 12.2. The van der Waals surface area contributed by atoms with Crippen molar-refractivity contribution in [2.24, 2.45) is 5.92 Å². The molecule has 3 aliphatic rings. The minimum atomic E-state index is -0.0797. The Balaban J connectivity index is 1.42. The second-order valence-corrected chi connectivity index (χ2v) is 8.32. The summed E-state index contributed by atoms with van der Waals surface area (Å²) in [6.45, 7) is 4.11. The second kappa shape index (κ2) is 7.36. The summed E-state index contributed by atoms with van der Waals surface area (Å²) in [6.07, 6.45) is 9.80. The van der Waals surface area contributed by atoms with E-state index in [2.05, 4.69) is 33.7 Å². The van der Waals surface area contributed by atoms with E-state index in [4.69, 9.17) is 0 Å². The van der Waals surface area contributed by atoms with E-state index in [-0.39, 0.29) is 11.4 Å². The Labute approximate surface area is 151 Å². The van der Waals surface area contributed by atoms with Crippen LogP contribution in [-0.2, 0) is 11.3 Å². The van der Waals surface area contributed by atoms with Gasteiger partial charge in [0.2, 0.25) is 5.91 Å². The number of anilines is 1. The lowest BCUT2D eigenvalue weighted by Crippen LogP contribution is -2.53. The lowest BCUT2D eigenvalue weighted by molar-refractivity contribution is -0.122. The number of hydrogen-bond donors (Lipinski definition) is 2. The number of nitrogens with one attached hydrogen (secondary N) is 2. The first kappa shape index (κ1) is 16.9. The minimum Gasteiger partial charge on any atom is -0.379 e. The maximum absolute atomic E-state index is 12.4. The van der Waals surface area contributed by atoms with Crippen LogP contribution < -0.4 is 10.6 Å². The molecule has 0 atom stereocenters. The molecule has 1 amide bonds. The molecule has 2 fully saturated rings. The van der Waals surface area contributed by atoms with Crippen molar-refractivity contribution >= 4 is 11.6 Å². The maximum Gasteiger partial charge on any atom is 0.222 e. The molecule has 2 heterocycles. The third kappa shape index (κ3) is 4.00. The number of nitrogens with zero attached hydrogens (tertiary/aromatic N) is 1. The zero-order valence-corrected chi connectivity index (χ0v) is 15.2. The summed E-state index contributed by atoms with van der Waals surface area (Å²) >= 11 is 0. The molecule has 0 bridgehead atoms. The van der Waals surface area contributed by atoms with Crippen molar-refractivity contribution in [2.75, 3.05) is 25.0 Å². The average molecular weight is 341 g/mol. The monoisotopic (exact) mass is 341 g/mol. The Bertz CT molecular complexity index is 601. The van der Waals surface area contributed by atoms with Crippen LogP contribution in [0.2, 0.25) is 0 Å². The minimum absolute atomic E-state index is 0.0797. The quantitative estimate of drug-likeness (QED) is 0.865. The number of carbonyl (C=O) groups is 1. The molecule has 4 nitrogen and oxygen atoms in total. The lowest BCUT2D eigenvalue weighted by Gasteiger charge is -2.45. The van der Waals surface area contributed by atoms with Gasteiger partial charge in [-0.15, -0.1) is 0 Å². The topological polar surface area (TPSA) is 44.4 Å². The van der Waals surface area contributed by atoms with Crippen molar-refractivity contribution < 1.29 is 4.79 Å². The molecule has 0 aromatic heterocycles. The highest BCUT2D eigenvalue weighted by molar-refractivity contribution is 5.79. The number of piperidine rings is 1. The van der Waals surface area contributed by atoms with E-state index in [0.29, 0.717) is 13.0 Å². The Kier molecular flexibility index (Phi) is 4.98. The highest BCUT2D eigenvalue weighted by Crippen LogP contribution is 2.34. The van der Waals surface area contributed by atoms with Crippen LogP contribution in [0.15, 0.2) is 24.3 Å². The zero-order chi connectivity index (χ0) is 17.1. The molecule has 1 aliphatic carbocycles. The van der Waals surface area contributed by atoms with Crippen LogP contribution in [0.25, 0.3) is 0 Å². The molecule has 4 rings (SSSR count). The van der Waals surface area contributed by atoms with Gasteiger partial charge in [0.1, 0.15) is 0 Å². The number of likely N-dealkylation sites (tertiary alicyclic amines) is 1. The summed E-state index contributed by atoms with van der Waals surface area (Å²) < 4.78 is 0. The van der Waals surface area contributed by atoms with E-state index >= 15 is 0 Å². The van der Waals surface area contributed by atoms with Gasteiger partial charge in [-0.2, -0.15) is 0 Å². The highest BCUT2D eigenvalue weighted by atomic mass is 16.1. The Morgan fingerprint density at radius 3 is 2.64 bits per heavy atom. The standard InChI is InChI=1S/C21H31N3O/c25-20-14-21(23-19-9-5-4-8-18(19)15-22-20)10-12-24(13-11-21)16-17-6-2-1-3-7-17/h4-5,8-9,17,23H,1-3,6-7,10-16H2,(H,22,25). The molecule has 0 radical (unpaired) electrons. The van der Waals surface area contributed by atoms with Gasteiger partial charge in [0.05, 0.1) is 0 Å².